The number of nitro benzene ring substituents is 1. The summed E-state index contributed by atoms with van der Waals surface area (Å²) in [6, 6.07) is 19.7. The summed E-state index contributed by atoms with van der Waals surface area (Å²) in [5, 5.41) is 13.8. The van der Waals surface area contributed by atoms with Gasteiger partial charge in [-0.25, -0.2) is 0 Å². The number of nitro groups is 1. The summed E-state index contributed by atoms with van der Waals surface area (Å²) in [4.78, 5) is 36.2. The molecular weight excluding hydrogens is 380 g/mol. The van der Waals surface area contributed by atoms with Gasteiger partial charge in [-0.1, -0.05) is 59.7 Å². The molecule has 1 N–H and O–H groups in total. The average molecular weight is 400 g/mol. The van der Waals surface area contributed by atoms with Crippen molar-refractivity contribution in [2.24, 2.45) is 0 Å². The molecule has 0 radical (unpaired) electrons. The summed E-state index contributed by atoms with van der Waals surface area (Å²) < 4.78 is 0. The second kappa shape index (κ2) is 8.96. The van der Waals surface area contributed by atoms with Crippen molar-refractivity contribution in [2.45, 2.75) is 13.8 Å². The Hall–Kier alpha value is -4.06. The van der Waals surface area contributed by atoms with Gasteiger partial charge in [0.05, 0.1) is 10.6 Å². The van der Waals surface area contributed by atoms with Crippen molar-refractivity contribution in [1.82, 2.24) is 0 Å². The van der Waals surface area contributed by atoms with Crippen LogP contribution >= 0.6 is 0 Å². The van der Waals surface area contributed by atoms with Crippen molar-refractivity contribution in [3.8, 4) is 0 Å². The van der Waals surface area contributed by atoms with Gasteiger partial charge in [0, 0.05) is 35.0 Å². The predicted molar refractivity (Wildman–Crippen MR) is 116 cm³/mol. The number of carbonyl (C=O) groups is 2. The lowest BCUT2D eigenvalue weighted by atomic mass is 10.0. The highest BCUT2D eigenvalue weighted by molar-refractivity contribution is 6.16. The Morgan fingerprint density at radius 1 is 0.800 bits per heavy atom. The minimum Gasteiger partial charge on any atom is -0.352 e. The van der Waals surface area contributed by atoms with E-state index in [2.05, 4.69) is 5.32 Å². The Balaban J connectivity index is 1.95. The molecule has 0 aromatic heterocycles. The van der Waals surface area contributed by atoms with E-state index in [-0.39, 0.29) is 23.0 Å². The van der Waals surface area contributed by atoms with Crippen molar-refractivity contribution < 1.29 is 14.5 Å². The van der Waals surface area contributed by atoms with Gasteiger partial charge in [0.25, 0.3) is 5.69 Å². The Bertz CT molecular complexity index is 1110. The van der Waals surface area contributed by atoms with E-state index in [1.807, 2.05) is 38.1 Å². The summed E-state index contributed by atoms with van der Waals surface area (Å²) >= 11 is 0. The van der Waals surface area contributed by atoms with Crippen LogP contribution in [-0.4, -0.2) is 16.5 Å². The van der Waals surface area contributed by atoms with Crippen LogP contribution in [0.2, 0.25) is 0 Å². The van der Waals surface area contributed by atoms with Crippen LogP contribution in [0.1, 0.15) is 31.8 Å². The molecule has 6 nitrogen and oxygen atoms in total. The number of allylic oxidation sites excluding steroid dienone is 2. The zero-order valence-electron chi connectivity index (χ0n) is 16.6. The van der Waals surface area contributed by atoms with Crippen LogP contribution in [0.15, 0.2) is 84.6 Å². The Morgan fingerprint density at radius 2 is 1.30 bits per heavy atom. The van der Waals surface area contributed by atoms with Crippen LogP contribution < -0.4 is 5.32 Å². The molecule has 0 spiro atoms. The van der Waals surface area contributed by atoms with E-state index >= 15 is 0 Å². The molecule has 150 valence electrons. The number of carbonyl (C=O) groups excluding carboxylic acids is 2. The first-order chi connectivity index (χ1) is 14.3. The predicted octanol–water partition coefficient (Wildman–Crippen LogP) is 5.27. The van der Waals surface area contributed by atoms with Gasteiger partial charge in [0.15, 0.2) is 5.78 Å². The second-order valence-corrected chi connectivity index (χ2v) is 6.91. The van der Waals surface area contributed by atoms with Crippen molar-refractivity contribution in [3.05, 3.63) is 117 Å². The number of hydrogen-bond donors (Lipinski definition) is 1. The lowest BCUT2D eigenvalue weighted by Crippen LogP contribution is -2.14. The van der Waals surface area contributed by atoms with Gasteiger partial charge in [0.1, 0.15) is 0 Å². The number of Topliss-reactive ketones (excluding diaryl/α,β-unsaturated/α-hetero) is 1. The van der Waals surface area contributed by atoms with Crippen molar-refractivity contribution >= 4 is 22.9 Å². The molecule has 3 rings (SSSR count). The summed E-state index contributed by atoms with van der Waals surface area (Å²) in [6.45, 7) is 3.84. The van der Waals surface area contributed by atoms with Gasteiger partial charge < -0.3 is 5.32 Å². The van der Waals surface area contributed by atoms with E-state index in [0.717, 1.165) is 11.1 Å². The molecule has 0 saturated heterocycles. The fourth-order valence-corrected chi connectivity index (χ4v) is 2.77. The molecule has 6 heteroatoms. The molecule has 0 saturated carbocycles. The topological polar surface area (TPSA) is 89.3 Å². The van der Waals surface area contributed by atoms with Gasteiger partial charge in [0.2, 0.25) is 5.78 Å². The third-order valence-electron chi connectivity index (χ3n) is 4.53. The van der Waals surface area contributed by atoms with Crippen molar-refractivity contribution in [3.63, 3.8) is 0 Å². The quantitative estimate of drug-likeness (QED) is 0.252. The highest BCUT2D eigenvalue weighted by Gasteiger charge is 2.16. The van der Waals surface area contributed by atoms with Gasteiger partial charge in [-0.3, -0.25) is 19.7 Å². The maximum atomic E-state index is 13.1. The van der Waals surface area contributed by atoms with E-state index in [1.54, 1.807) is 24.3 Å². The monoisotopic (exact) mass is 400 g/mol. The van der Waals surface area contributed by atoms with Gasteiger partial charge in [-0.2, -0.15) is 0 Å². The van der Waals surface area contributed by atoms with Crippen LogP contribution in [0.25, 0.3) is 0 Å². The normalized spacial score (nSPS) is 11.1. The molecule has 0 unspecified atom stereocenters. The van der Waals surface area contributed by atoms with E-state index < -0.39 is 4.92 Å². The fourth-order valence-electron chi connectivity index (χ4n) is 2.77. The summed E-state index contributed by atoms with van der Waals surface area (Å²) in [5.74, 6) is -0.673. The van der Waals surface area contributed by atoms with Gasteiger partial charge >= 0.3 is 0 Å². The van der Waals surface area contributed by atoms with Crippen molar-refractivity contribution in [2.75, 3.05) is 5.32 Å². The molecule has 3 aromatic carbocycles. The lowest BCUT2D eigenvalue weighted by molar-refractivity contribution is -0.384. The van der Waals surface area contributed by atoms with E-state index in [0.29, 0.717) is 16.8 Å². The molecular formula is C24H20N2O4. The molecule has 0 aliphatic rings. The molecule has 3 aromatic rings. The number of hydrogen-bond acceptors (Lipinski definition) is 5. The van der Waals surface area contributed by atoms with Crippen LogP contribution in [0, 0.1) is 24.0 Å². The van der Waals surface area contributed by atoms with E-state index in [4.69, 9.17) is 0 Å². The summed E-state index contributed by atoms with van der Waals surface area (Å²) in [5.41, 5.74) is 3.40. The Kier molecular flexibility index (Phi) is 6.17. The Labute approximate surface area is 174 Å². The second-order valence-electron chi connectivity index (χ2n) is 6.91. The largest absolute Gasteiger partial charge is 0.352 e. The number of non-ortho nitro benzene ring substituents is 1. The summed E-state index contributed by atoms with van der Waals surface area (Å²) in [6.07, 6.45) is 1.26. The van der Waals surface area contributed by atoms with Crippen LogP contribution in [0.3, 0.4) is 0 Å². The first kappa shape index (κ1) is 20.7. The van der Waals surface area contributed by atoms with Crippen molar-refractivity contribution in [1.29, 1.82) is 0 Å². The average Bonchev–Trinajstić information content (AvgIpc) is 2.74. The summed E-state index contributed by atoms with van der Waals surface area (Å²) in [7, 11) is 0. The maximum absolute atomic E-state index is 13.1. The van der Waals surface area contributed by atoms with E-state index in [1.165, 1.54) is 30.3 Å². The number of benzene rings is 3. The standard InChI is InChI=1S/C24H20N2O4/c1-16-3-7-18(8-4-16)23(27)15-22(24(28)19-9-5-17(2)6-10-19)25-20-11-13-21(14-12-20)26(29)30/h3-15,25H,1-2H3/b22-15-. The maximum Gasteiger partial charge on any atom is 0.269 e. The van der Waals surface area contributed by atoms with Crippen LogP contribution in [0.5, 0.6) is 0 Å². The van der Waals surface area contributed by atoms with Crippen LogP contribution in [0.4, 0.5) is 11.4 Å². The molecule has 0 bridgehead atoms. The molecule has 0 amide bonds. The van der Waals surface area contributed by atoms with Crippen LogP contribution in [-0.2, 0) is 0 Å². The first-order valence-electron chi connectivity index (χ1n) is 9.29. The highest BCUT2D eigenvalue weighted by Crippen LogP contribution is 2.19. The van der Waals surface area contributed by atoms with Gasteiger partial charge in [-0.05, 0) is 26.0 Å². The van der Waals surface area contributed by atoms with Gasteiger partial charge in [-0.15, -0.1) is 0 Å². The lowest BCUT2D eigenvalue weighted by Gasteiger charge is -2.11. The van der Waals surface area contributed by atoms with E-state index in [9.17, 15) is 19.7 Å². The highest BCUT2D eigenvalue weighted by atomic mass is 16.6. The zero-order valence-corrected chi connectivity index (χ0v) is 16.6. The smallest absolute Gasteiger partial charge is 0.269 e. The molecule has 0 aliphatic heterocycles. The zero-order chi connectivity index (χ0) is 21.7. The number of rotatable bonds is 7. The first-order valence-corrected chi connectivity index (χ1v) is 9.29. The molecule has 30 heavy (non-hydrogen) atoms. The SMILES string of the molecule is Cc1ccc(C(=O)/C=C(\Nc2ccc([N+](=O)[O-])cc2)C(=O)c2ccc(C)cc2)cc1. The minimum atomic E-state index is -0.501. The third kappa shape index (κ3) is 5.05. The minimum absolute atomic E-state index is 0.0633. The number of ketones is 2. The number of nitrogens with zero attached hydrogens (tertiary/aromatic N) is 1. The number of nitrogens with one attached hydrogen (secondary N) is 1. The molecule has 0 aliphatic carbocycles. The molecule has 0 fully saturated rings. The Morgan fingerprint density at radius 3 is 1.80 bits per heavy atom. The molecule has 0 heterocycles. The fraction of sp³-hybridized carbons (Fsp3) is 0.0833. The molecule has 0 atom stereocenters. The number of aryl methyl sites for hydroxylation is 2. The number of anilines is 1. The third-order valence-corrected chi connectivity index (χ3v) is 4.53.